The van der Waals surface area contributed by atoms with Gasteiger partial charge >= 0.3 is 0 Å². The van der Waals surface area contributed by atoms with Crippen LogP contribution in [-0.2, 0) is 21.2 Å². The number of rotatable bonds is 3. The summed E-state index contributed by atoms with van der Waals surface area (Å²) < 4.78 is 37.3. The topological polar surface area (TPSA) is 80.1 Å². The summed E-state index contributed by atoms with van der Waals surface area (Å²) in [7, 11) is -3.75. The minimum atomic E-state index is -3.75. The number of nitrogens with zero attached hydrogens (tertiary/aromatic N) is 2. The van der Waals surface area contributed by atoms with Crippen LogP contribution >= 0.6 is 0 Å². The van der Waals surface area contributed by atoms with Crippen LogP contribution in [0.1, 0.15) is 22.5 Å². The third-order valence-electron chi connectivity index (χ3n) is 4.71. The van der Waals surface area contributed by atoms with Gasteiger partial charge in [-0.2, -0.15) is 4.31 Å². The standard InChI is InChI=1S/C18H20N2O5S/c21-18(20-9-3-5-14-4-1-2-6-15(14)20)16-7-8-17(25-16)26(22,23)19-10-12-24-13-11-19/h1-2,4,6-8H,3,5,9-13H2. The van der Waals surface area contributed by atoms with Crippen LogP contribution in [0.5, 0.6) is 0 Å². The first-order valence-electron chi connectivity index (χ1n) is 8.65. The van der Waals surface area contributed by atoms with Crippen molar-refractivity contribution in [2.24, 2.45) is 0 Å². The van der Waals surface area contributed by atoms with Crippen molar-refractivity contribution in [2.45, 2.75) is 17.9 Å². The molecule has 1 amide bonds. The zero-order valence-corrected chi connectivity index (χ0v) is 15.1. The van der Waals surface area contributed by atoms with Gasteiger partial charge in [0.2, 0.25) is 5.09 Å². The highest BCUT2D eigenvalue weighted by Gasteiger charge is 2.31. The lowest BCUT2D eigenvalue weighted by Crippen LogP contribution is -2.40. The predicted octanol–water partition coefficient (Wildman–Crippen LogP) is 1.89. The van der Waals surface area contributed by atoms with Gasteiger partial charge in [0.1, 0.15) is 0 Å². The molecule has 2 aliphatic rings. The summed E-state index contributed by atoms with van der Waals surface area (Å²) in [6.45, 7) is 1.87. The van der Waals surface area contributed by atoms with Crippen LogP contribution in [0.25, 0.3) is 0 Å². The Morgan fingerprint density at radius 2 is 1.77 bits per heavy atom. The number of morpholine rings is 1. The Morgan fingerprint density at radius 3 is 2.58 bits per heavy atom. The average Bonchev–Trinajstić information content (AvgIpc) is 3.19. The maximum absolute atomic E-state index is 12.9. The highest BCUT2D eigenvalue weighted by molar-refractivity contribution is 7.89. The van der Waals surface area contributed by atoms with E-state index in [0.29, 0.717) is 19.8 Å². The van der Waals surface area contributed by atoms with E-state index in [2.05, 4.69) is 0 Å². The minimum absolute atomic E-state index is 0.0357. The average molecular weight is 376 g/mol. The second-order valence-electron chi connectivity index (χ2n) is 6.32. The number of aryl methyl sites for hydroxylation is 1. The van der Waals surface area contributed by atoms with E-state index in [1.807, 2.05) is 24.3 Å². The number of anilines is 1. The fourth-order valence-corrected chi connectivity index (χ4v) is 4.68. The van der Waals surface area contributed by atoms with Crippen LogP contribution in [0.15, 0.2) is 45.9 Å². The Hall–Kier alpha value is -2.16. The molecule has 1 fully saturated rings. The summed E-state index contributed by atoms with van der Waals surface area (Å²) in [6, 6.07) is 10.5. The number of hydrogen-bond donors (Lipinski definition) is 0. The van der Waals surface area contributed by atoms with Gasteiger partial charge in [0.05, 0.1) is 13.2 Å². The number of hydrogen-bond acceptors (Lipinski definition) is 5. The van der Waals surface area contributed by atoms with E-state index in [1.165, 1.54) is 16.4 Å². The van der Waals surface area contributed by atoms with E-state index >= 15 is 0 Å². The lowest BCUT2D eigenvalue weighted by Gasteiger charge is -2.28. The van der Waals surface area contributed by atoms with Crippen LogP contribution in [0.2, 0.25) is 0 Å². The number of amides is 1. The number of benzene rings is 1. The number of para-hydroxylation sites is 1. The normalized spacial score (nSPS) is 18.5. The van der Waals surface area contributed by atoms with E-state index in [9.17, 15) is 13.2 Å². The molecule has 1 aromatic carbocycles. The molecular weight excluding hydrogens is 356 g/mol. The summed E-state index contributed by atoms with van der Waals surface area (Å²) in [4.78, 5) is 14.5. The molecule has 1 saturated heterocycles. The van der Waals surface area contributed by atoms with Crippen molar-refractivity contribution in [2.75, 3.05) is 37.7 Å². The summed E-state index contributed by atoms with van der Waals surface area (Å²) in [6.07, 6.45) is 1.79. The highest BCUT2D eigenvalue weighted by Crippen LogP contribution is 2.29. The molecule has 138 valence electrons. The summed E-state index contributed by atoms with van der Waals surface area (Å²) in [5.41, 5.74) is 1.97. The van der Waals surface area contributed by atoms with Gasteiger partial charge in [0, 0.05) is 25.3 Å². The Morgan fingerprint density at radius 1 is 1.00 bits per heavy atom. The number of carbonyl (C=O) groups excluding carboxylic acids is 1. The summed E-state index contributed by atoms with van der Waals surface area (Å²) >= 11 is 0. The first-order chi connectivity index (χ1) is 12.6. The zero-order chi connectivity index (χ0) is 18.1. The lowest BCUT2D eigenvalue weighted by molar-refractivity contribution is 0.0723. The molecule has 0 saturated carbocycles. The molecule has 2 aromatic rings. The van der Waals surface area contributed by atoms with Gasteiger partial charge < -0.3 is 14.1 Å². The summed E-state index contributed by atoms with van der Waals surface area (Å²) in [5.74, 6) is -0.283. The number of ether oxygens (including phenoxy) is 1. The fraction of sp³-hybridized carbons (Fsp3) is 0.389. The van der Waals surface area contributed by atoms with Gasteiger partial charge in [0.15, 0.2) is 5.76 Å². The van der Waals surface area contributed by atoms with Crippen molar-refractivity contribution in [3.63, 3.8) is 0 Å². The molecule has 3 heterocycles. The predicted molar refractivity (Wildman–Crippen MR) is 94.7 cm³/mol. The molecule has 4 rings (SSSR count). The van der Waals surface area contributed by atoms with Crippen molar-refractivity contribution < 1.29 is 22.4 Å². The molecule has 2 aliphatic heterocycles. The molecule has 0 aliphatic carbocycles. The van der Waals surface area contributed by atoms with E-state index < -0.39 is 10.0 Å². The summed E-state index contributed by atoms with van der Waals surface area (Å²) in [5, 5.41) is -0.201. The largest absolute Gasteiger partial charge is 0.438 e. The third-order valence-corrected chi connectivity index (χ3v) is 6.48. The molecule has 7 nitrogen and oxygen atoms in total. The molecule has 8 heteroatoms. The molecule has 26 heavy (non-hydrogen) atoms. The van der Waals surface area contributed by atoms with Crippen LogP contribution in [0.4, 0.5) is 5.69 Å². The van der Waals surface area contributed by atoms with Crippen LogP contribution in [0, 0.1) is 0 Å². The molecule has 1 aromatic heterocycles. The Labute approximate surface area is 152 Å². The van der Waals surface area contributed by atoms with Crippen molar-refractivity contribution in [1.29, 1.82) is 0 Å². The third kappa shape index (κ3) is 3.04. The van der Waals surface area contributed by atoms with E-state index in [1.54, 1.807) is 4.90 Å². The monoisotopic (exact) mass is 376 g/mol. The quantitative estimate of drug-likeness (QED) is 0.817. The highest BCUT2D eigenvalue weighted by atomic mass is 32.2. The lowest BCUT2D eigenvalue weighted by atomic mass is 10.0. The number of sulfonamides is 1. The molecule has 0 atom stereocenters. The van der Waals surface area contributed by atoms with E-state index in [4.69, 9.17) is 9.15 Å². The first-order valence-corrected chi connectivity index (χ1v) is 10.1. The molecule has 0 unspecified atom stereocenters. The maximum Gasteiger partial charge on any atom is 0.294 e. The first kappa shape index (κ1) is 17.3. The molecule has 0 radical (unpaired) electrons. The maximum atomic E-state index is 12.9. The van der Waals surface area contributed by atoms with Crippen molar-refractivity contribution >= 4 is 21.6 Å². The molecule has 0 spiro atoms. The second kappa shape index (κ2) is 6.86. The van der Waals surface area contributed by atoms with Gasteiger partial charge in [-0.1, -0.05) is 18.2 Å². The van der Waals surface area contributed by atoms with Crippen LogP contribution in [-0.4, -0.2) is 51.5 Å². The number of fused-ring (bicyclic) bond motifs is 1. The molecule has 0 bridgehead atoms. The second-order valence-corrected chi connectivity index (χ2v) is 8.19. The van der Waals surface area contributed by atoms with Crippen molar-refractivity contribution in [3.05, 3.63) is 47.7 Å². The van der Waals surface area contributed by atoms with Crippen molar-refractivity contribution in [3.8, 4) is 0 Å². The van der Waals surface area contributed by atoms with Gasteiger partial charge in [-0.15, -0.1) is 0 Å². The fourth-order valence-electron chi connectivity index (χ4n) is 3.37. The van der Waals surface area contributed by atoms with Gasteiger partial charge in [-0.3, -0.25) is 4.79 Å². The Bertz CT molecular complexity index is 915. The SMILES string of the molecule is O=C(c1ccc(S(=O)(=O)N2CCOCC2)o1)N1CCCc2ccccc21. The zero-order valence-electron chi connectivity index (χ0n) is 14.3. The van der Waals surface area contributed by atoms with Gasteiger partial charge in [0.25, 0.3) is 15.9 Å². The Kier molecular flexibility index (Phi) is 4.56. The van der Waals surface area contributed by atoms with E-state index in [-0.39, 0.29) is 29.8 Å². The minimum Gasteiger partial charge on any atom is -0.438 e. The van der Waals surface area contributed by atoms with Crippen LogP contribution < -0.4 is 4.90 Å². The number of furan rings is 1. The van der Waals surface area contributed by atoms with Crippen LogP contribution in [0.3, 0.4) is 0 Å². The number of carbonyl (C=O) groups is 1. The smallest absolute Gasteiger partial charge is 0.294 e. The molecular formula is C18H20N2O5S. The van der Waals surface area contributed by atoms with Gasteiger partial charge in [-0.05, 0) is 36.6 Å². The molecule has 0 N–H and O–H groups in total. The van der Waals surface area contributed by atoms with E-state index in [0.717, 1.165) is 24.1 Å². The van der Waals surface area contributed by atoms with Gasteiger partial charge in [-0.25, -0.2) is 8.42 Å². The Balaban J connectivity index is 1.60. The van der Waals surface area contributed by atoms with Crippen molar-refractivity contribution in [1.82, 2.24) is 4.31 Å².